The lowest BCUT2D eigenvalue weighted by Gasteiger charge is -2.39. The predicted octanol–water partition coefficient (Wildman–Crippen LogP) is 5.14. The summed E-state index contributed by atoms with van der Waals surface area (Å²) >= 11 is 0. The van der Waals surface area contributed by atoms with Crippen molar-refractivity contribution < 1.29 is 52.3 Å². The highest BCUT2D eigenvalue weighted by Crippen LogP contribution is 2.56. The van der Waals surface area contributed by atoms with E-state index in [-0.39, 0.29) is 37.3 Å². The number of fused-ring (bicyclic) bond motifs is 3. The second-order valence-electron chi connectivity index (χ2n) is 12.4. The highest BCUT2D eigenvalue weighted by molar-refractivity contribution is 5.79. The molecule has 1 fully saturated rings. The molecule has 4 atom stereocenters. The van der Waals surface area contributed by atoms with Crippen molar-refractivity contribution >= 4 is 18.2 Å². The molecular weight excluding hydrogens is 636 g/mol. The molecule has 49 heavy (non-hydrogen) atoms. The lowest BCUT2D eigenvalue weighted by Crippen LogP contribution is -2.39. The minimum atomic E-state index is -0.935. The average Bonchev–Trinajstić information content (AvgIpc) is 3.72. The molecule has 13 heteroatoms. The van der Waals surface area contributed by atoms with Crippen molar-refractivity contribution in [3.05, 3.63) is 76.9 Å². The van der Waals surface area contributed by atoms with Gasteiger partial charge in [-0.3, -0.25) is 4.79 Å². The van der Waals surface area contributed by atoms with E-state index >= 15 is 0 Å². The smallest absolute Gasteiger partial charge is 0.493 e. The molecule has 1 amide bonds. The van der Waals surface area contributed by atoms with E-state index in [0.29, 0.717) is 29.2 Å². The second kappa shape index (κ2) is 14.5. The normalized spacial score (nSPS) is 20.2. The molecule has 0 bridgehead atoms. The molecule has 2 aliphatic heterocycles. The number of ether oxygens (including phenoxy) is 8. The quantitative estimate of drug-likeness (QED) is 0.151. The van der Waals surface area contributed by atoms with Gasteiger partial charge in [0.1, 0.15) is 18.6 Å². The first-order valence-electron chi connectivity index (χ1n) is 16.0. The summed E-state index contributed by atoms with van der Waals surface area (Å²) < 4.78 is 45.5. The molecule has 0 spiro atoms. The van der Waals surface area contributed by atoms with E-state index < -0.39 is 42.1 Å². The first-order chi connectivity index (χ1) is 23.7. The van der Waals surface area contributed by atoms with Crippen molar-refractivity contribution in [3.8, 4) is 28.7 Å². The van der Waals surface area contributed by atoms with Crippen molar-refractivity contribution in [2.75, 3.05) is 61.9 Å². The number of amides is 1. The van der Waals surface area contributed by atoms with E-state index in [4.69, 9.17) is 37.9 Å². The summed E-state index contributed by atoms with van der Waals surface area (Å²) in [6, 6.07) is 16.3. The maximum absolute atomic E-state index is 13.4. The Morgan fingerprint density at radius 1 is 0.878 bits per heavy atom. The van der Waals surface area contributed by atoms with Crippen molar-refractivity contribution in [2.24, 2.45) is 11.8 Å². The second-order valence-corrected chi connectivity index (χ2v) is 12.4. The fourth-order valence-electron chi connectivity index (χ4n) is 6.61. The van der Waals surface area contributed by atoms with Crippen molar-refractivity contribution in [1.82, 2.24) is 9.80 Å². The minimum Gasteiger partial charge on any atom is -0.493 e. The third-order valence-corrected chi connectivity index (χ3v) is 8.99. The number of hydrogen-bond acceptors (Lipinski definition) is 12. The molecule has 0 N–H and O–H groups in total. The molecule has 0 saturated carbocycles. The molecule has 2 heterocycles. The summed E-state index contributed by atoms with van der Waals surface area (Å²) in [5, 5.41) is 0. The Labute approximate surface area is 284 Å². The van der Waals surface area contributed by atoms with E-state index in [2.05, 4.69) is 0 Å². The Kier molecular flexibility index (Phi) is 10.00. The largest absolute Gasteiger partial charge is 0.514 e. The zero-order valence-corrected chi connectivity index (χ0v) is 28.1. The monoisotopic (exact) mass is 676 g/mol. The van der Waals surface area contributed by atoms with Crippen LogP contribution in [0.1, 0.15) is 40.7 Å². The van der Waals surface area contributed by atoms with Crippen LogP contribution in [0, 0.1) is 11.8 Å². The minimum absolute atomic E-state index is 0.0199. The zero-order valence-electron chi connectivity index (χ0n) is 28.1. The summed E-state index contributed by atoms with van der Waals surface area (Å²) in [4.78, 5) is 43.1. The van der Waals surface area contributed by atoms with Gasteiger partial charge in [-0.05, 0) is 68.0 Å². The molecule has 0 aromatic heterocycles. The molecule has 260 valence electrons. The topological polar surface area (TPSA) is 132 Å². The Balaban J connectivity index is 1.34. The van der Waals surface area contributed by atoms with Gasteiger partial charge in [0.15, 0.2) is 23.0 Å². The third-order valence-electron chi connectivity index (χ3n) is 8.99. The van der Waals surface area contributed by atoms with E-state index in [1.807, 2.05) is 55.4 Å². The summed E-state index contributed by atoms with van der Waals surface area (Å²) in [6.45, 7) is 1.42. The number of cyclic esters (lactones) is 1. The molecule has 3 aliphatic rings. The van der Waals surface area contributed by atoms with Gasteiger partial charge in [0, 0.05) is 31.0 Å². The predicted molar refractivity (Wildman–Crippen MR) is 174 cm³/mol. The van der Waals surface area contributed by atoms with Gasteiger partial charge in [0.05, 0.1) is 20.8 Å². The summed E-state index contributed by atoms with van der Waals surface area (Å²) in [5.41, 5.74) is 2.86. The van der Waals surface area contributed by atoms with Crippen LogP contribution in [0.4, 0.5) is 9.59 Å². The first kappa shape index (κ1) is 33.7. The van der Waals surface area contributed by atoms with Crippen LogP contribution in [0.15, 0.2) is 54.6 Å². The molecule has 3 aromatic rings. The SMILES string of the molecule is COc1cc([C@@H]2c3cc4c(cc3[C@@H](OC(=O)N(C)CCCN(C)C)[C@H]3C(=O)OC[C@H]23)OCO4)cc(OC)c1OC(=O)OCc1ccccc1. The average molecular weight is 677 g/mol. The molecule has 3 aromatic carbocycles. The van der Waals surface area contributed by atoms with Gasteiger partial charge in [-0.1, -0.05) is 30.3 Å². The van der Waals surface area contributed by atoms with Gasteiger partial charge >= 0.3 is 18.2 Å². The highest BCUT2D eigenvalue weighted by atomic mass is 16.7. The molecule has 0 radical (unpaired) electrons. The standard InChI is InChI=1S/C36H40N2O11/c1-37(2)12-9-13-38(3)35(40)48-32-24-17-27-26(46-20-47-27)16-23(24)30(25-19-44-34(39)31(25)32)22-14-28(42-4)33(29(15-22)43-5)49-36(41)45-18-21-10-7-6-8-11-21/h6-8,10-11,14-17,25,30-32H,9,12-13,18-20H2,1-5H3/t25-,30-,31+,32-/m1/s1. The van der Waals surface area contributed by atoms with E-state index in [1.54, 1.807) is 25.2 Å². The maximum atomic E-state index is 13.4. The molecule has 1 aliphatic carbocycles. The molecule has 13 nitrogen and oxygen atoms in total. The Bertz CT molecular complexity index is 1670. The summed E-state index contributed by atoms with van der Waals surface area (Å²) in [6.07, 6.45) is -1.67. The number of carbonyl (C=O) groups is 3. The van der Waals surface area contributed by atoms with Crippen LogP contribution in [-0.4, -0.2) is 89.9 Å². The Hall–Kier alpha value is -5.17. The maximum Gasteiger partial charge on any atom is 0.514 e. The number of carbonyl (C=O) groups excluding carboxylic acids is 3. The lowest BCUT2D eigenvalue weighted by atomic mass is 9.66. The van der Waals surface area contributed by atoms with Gasteiger partial charge in [0.25, 0.3) is 0 Å². The van der Waals surface area contributed by atoms with Crippen molar-refractivity contribution in [2.45, 2.75) is 25.0 Å². The van der Waals surface area contributed by atoms with Crippen molar-refractivity contribution in [3.63, 3.8) is 0 Å². The number of rotatable bonds is 11. The number of methoxy groups -OCH3 is 2. The van der Waals surface area contributed by atoms with Crippen LogP contribution in [-0.2, 0) is 25.6 Å². The van der Waals surface area contributed by atoms with Crippen LogP contribution in [0.3, 0.4) is 0 Å². The van der Waals surface area contributed by atoms with Gasteiger partial charge in [-0.2, -0.15) is 0 Å². The van der Waals surface area contributed by atoms with Gasteiger partial charge in [-0.15, -0.1) is 0 Å². The number of esters is 1. The van der Waals surface area contributed by atoms with Gasteiger partial charge in [0.2, 0.25) is 12.5 Å². The van der Waals surface area contributed by atoms with Gasteiger partial charge < -0.3 is 47.7 Å². The fraction of sp³-hybridized carbons (Fsp3) is 0.417. The van der Waals surface area contributed by atoms with E-state index in [0.717, 1.165) is 24.1 Å². The number of hydrogen-bond donors (Lipinski definition) is 0. The van der Waals surface area contributed by atoms with Crippen LogP contribution < -0.4 is 23.7 Å². The van der Waals surface area contributed by atoms with Crippen LogP contribution in [0.5, 0.6) is 28.7 Å². The van der Waals surface area contributed by atoms with Crippen molar-refractivity contribution in [1.29, 1.82) is 0 Å². The van der Waals surface area contributed by atoms with Crippen LogP contribution in [0.2, 0.25) is 0 Å². The summed E-state index contributed by atoms with van der Waals surface area (Å²) in [5.74, 6) is -0.706. The van der Waals surface area contributed by atoms with Gasteiger partial charge in [-0.25, -0.2) is 9.59 Å². The Morgan fingerprint density at radius 3 is 2.20 bits per heavy atom. The molecule has 1 saturated heterocycles. The first-order valence-corrected chi connectivity index (χ1v) is 16.0. The lowest BCUT2D eigenvalue weighted by molar-refractivity contribution is -0.144. The van der Waals surface area contributed by atoms with E-state index in [1.165, 1.54) is 19.1 Å². The van der Waals surface area contributed by atoms with Crippen LogP contribution in [0.25, 0.3) is 0 Å². The summed E-state index contributed by atoms with van der Waals surface area (Å²) in [7, 11) is 8.51. The molecular formula is C36H40N2O11. The molecule has 6 rings (SSSR count). The third kappa shape index (κ3) is 7.02. The van der Waals surface area contributed by atoms with Crippen LogP contribution >= 0.6 is 0 Å². The van der Waals surface area contributed by atoms with E-state index in [9.17, 15) is 14.4 Å². The number of benzene rings is 3. The molecule has 0 unspecified atom stereocenters. The fourth-order valence-corrected chi connectivity index (χ4v) is 6.61. The highest BCUT2D eigenvalue weighted by Gasteiger charge is 2.54. The Morgan fingerprint density at radius 2 is 1.55 bits per heavy atom. The number of nitrogens with zero attached hydrogens (tertiary/aromatic N) is 2. The zero-order chi connectivity index (χ0) is 34.7.